The van der Waals surface area contributed by atoms with Gasteiger partial charge in [0.05, 0.1) is 5.75 Å². The highest BCUT2D eigenvalue weighted by atomic mass is 32.2. The lowest BCUT2D eigenvalue weighted by molar-refractivity contribution is -0.118. The number of rotatable bonds is 6. The van der Waals surface area contributed by atoms with Gasteiger partial charge in [0.25, 0.3) is 0 Å². The fraction of sp³-hybridized carbons (Fsp3) is 0.667. The minimum Gasteiger partial charge on any atom is -0.357 e. The minimum atomic E-state index is 0.0411. The van der Waals surface area contributed by atoms with E-state index in [9.17, 15) is 4.79 Å². The Labute approximate surface area is 102 Å². The molecule has 0 aromatic carbocycles. The van der Waals surface area contributed by atoms with Crippen molar-refractivity contribution in [2.24, 2.45) is 0 Å². The molecular formula is C9H14N4OS2. The van der Waals surface area contributed by atoms with Crippen molar-refractivity contribution in [2.75, 3.05) is 17.6 Å². The van der Waals surface area contributed by atoms with Gasteiger partial charge >= 0.3 is 0 Å². The molecule has 2 N–H and O–H groups in total. The second-order valence-corrected chi connectivity index (χ2v) is 5.73. The van der Waals surface area contributed by atoms with Gasteiger partial charge in [-0.2, -0.15) is 0 Å². The number of nitrogens with one attached hydrogen (secondary N) is 2. The molecule has 0 spiro atoms. The normalized spacial score (nSPS) is 14.8. The SMILES string of the molecule is CCNC(=O)CSc1nnc(NC2CC2)s1. The Morgan fingerprint density at radius 1 is 1.56 bits per heavy atom. The molecule has 88 valence electrons. The summed E-state index contributed by atoms with van der Waals surface area (Å²) in [5.74, 6) is 0.450. The lowest BCUT2D eigenvalue weighted by atomic mass is 10.6. The van der Waals surface area contributed by atoms with Crippen LogP contribution in [0.2, 0.25) is 0 Å². The van der Waals surface area contributed by atoms with Crippen molar-refractivity contribution in [1.82, 2.24) is 15.5 Å². The lowest BCUT2D eigenvalue weighted by Gasteiger charge is -1.98. The van der Waals surface area contributed by atoms with E-state index < -0.39 is 0 Å². The molecule has 1 aromatic rings. The zero-order valence-corrected chi connectivity index (χ0v) is 10.7. The molecule has 1 aromatic heterocycles. The molecule has 2 rings (SSSR count). The fourth-order valence-electron chi connectivity index (χ4n) is 1.10. The second-order valence-electron chi connectivity index (χ2n) is 3.53. The highest BCUT2D eigenvalue weighted by Gasteiger charge is 2.22. The highest BCUT2D eigenvalue weighted by Crippen LogP contribution is 2.29. The van der Waals surface area contributed by atoms with Crippen LogP contribution in [0.5, 0.6) is 0 Å². The summed E-state index contributed by atoms with van der Waals surface area (Å²) >= 11 is 2.94. The zero-order valence-electron chi connectivity index (χ0n) is 9.02. The maximum atomic E-state index is 11.2. The van der Waals surface area contributed by atoms with E-state index in [1.165, 1.54) is 35.9 Å². The summed E-state index contributed by atoms with van der Waals surface area (Å²) in [5, 5.41) is 14.9. The van der Waals surface area contributed by atoms with Gasteiger partial charge in [0.1, 0.15) is 0 Å². The molecule has 0 atom stereocenters. The number of carbonyl (C=O) groups is 1. The zero-order chi connectivity index (χ0) is 11.4. The number of anilines is 1. The molecule has 0 bridgehead atoms. The Bertz CT molecular complexity index is 364. The summed E-state index contributed by atoms with van der Waals surface area (Å²) in [6.45, 7) is 2.58. The first kappa shape index (κ1) is 11.7. The van der Waals surface area contributed by atoms with Crippen molar-refractivity contribution in [2.45, 2.75) is 30.1 Å². The van der Waals surface area contributed by atoms with E-state index in [1.807, 2.05) is 6.92 Å². The van der Waals surface area contributed by atoms with Gasteiger partial charge < -0.3 is 10.6 Å². The van der Waals surface area contributed by atoms with E-state index in [-0.39, 0.29) is 5.91 Å². The van der Waals surface area contributed by atoms with Crippen molar-refractivity contribution in [3.8, 4) is 0 Å². The summed E-state index contributed by atoms with van der Waals surface area (Å²) in [5.41, 5.74) is 0. The van der Waals surface area contributed by atoms with E-state index in [0.29, 0.717) is 18.3 Å². The number of amides is 1. The van der Waals surface area contributed by atoms with Crippen LogP contribution in [0.25, 0.3) is 0 Å². The van der Waals surface area contributed by atoms with E-state index in [1.54, 1.807) is 0 Å². The van der Waals surface area contributed by atoms with Crippen molar-refractivity contribution in [1.29, 1.82) is 0 Å². The first-order valence-electron chi connectivity index (χ1n) is 5.27. The van der Waals surface area contributed by atoms with Crippen molar-refractivity contribution in [3.05, 3.63) is 0 Å². The smallest absolute Gasteiger partial charge is 0.230 e. The Morgan fingerprint density at radius 2 is 2.38 bits per heavy atom. The monoisotopic (exact) mass is 258 g/mol. The highest BCUT2D eigenvalue weighted by molar-refractivity contribution is 8.01. The Kier molecular flexibility index (Phi) is 4.00. The maximum Gasteiger partial charge on any atom is 0.230 e. The topological polar surface area (TPSA) is 66.9 Å². The molecular weight excluding hydrogens is 244 g/mol. The first-order chi connectivity index (χ1) is 7.78. The van der Waals surface area contributed by atoms with Crippen molar-refractivity contribution >= 4 is 34.1 Å². The first-order valence-corrected chi connectivity index (χ1v) is 7.07. The maximum absolute atomic E-state index is 11.2. The third-order valence-corrected chi connectivity index (χ3v) is 4.00. The lowest BCUT2D eigenvalue weighted by Crippen LogP contribution is -2.24. The predicted octanol–water partition coefficient (Wildman–Crippen LogP) is 1.34. The summed E-state index contributed by atoms with van der Waals surface area (Å²) < 4.78 is 0.842. The Morgan fingerprint density at radius 3 is 3.06 bits per heavy atom. The summed E-state index contributed by atoms with van der Waals surface area (Å²) in [7, 11) is 0. The fourth-order valence-corrected chi connectivity index (χ4v) is 2.76. The Hall–Kier alpha value is -0.820. The Balaban J connectivity index is 1.75. The van der Waals surface area contributed by atoms with Gasteiger partial charge in [0, 0.05) is 12.6 Å². The van der Waals surface area contributed by atoms with Gasteiger partial charge in [-0.1, -0.05) is 23.1 Å². The predicted molar refractivity (Wildman–Crippen MR) is 66.0 cm³/mol. The molecule has 1 amide bonds. The van der Waals surface area contributed by atoms with E-state index in [4.69, 9.17) is 0 Å². The number of hydrogen-bond donors (Lipinski definition) is 2. The van der Waals surface area contributed by atoms with E-state index in [0.717, 1.165) is 9.47 Å². The molecule has 0 unspecified atom stereocenters. The summed E-state index contributed by atoms with van der Waals surface area (Å²) in [6.07, 6.45) is 2.45. The van der Waals surface area contributed by atoms with E-state index in [2.05, 4.69) is 20.8 Å². The molecule has 5 nitrogen and oxygen atoms in total. The van der Waals surface area contributed by atoms with Crippen molar-refractivity contribution in [3.63, 3.8) is 0 Å². The molecule has 0 aliphatic heterocycles. The molecule has 1 aliphatic rings. The van der Waals surface area contributed by atoms with Crippen molar-refractivity contribution < 1.29 is 4.79 Å². The summed E-state index contributed by atoms with van der Waals surface area (Å²) in [4.78, 5) is 11.2. The van der Waals surface area contributed by atoms with E-state index >= 15 is 0 Å². The molecule has 1 fully saturated rings. The number of thioether (sulfide) groups is 1. The molecule has 1 heterocycles. The molecule has 1 saturated carbocycles. The third kappa shape index (κ3) is 3.64. The third-order valence-electron chi connectivity index (χ3n) is 2.01. The molecule has 0 radical (unpaired) electrons. The minimum absolute atomic E-state index is 0.0411. The van der Waals surface area contributed by atoms with Gasteiger partial charge in [-0.3, -0.25) is 4.79 Å². The average Bonchev–Trinajstić information content (AvgIpc) is 2.94. The van der Waals surface area contributed by atoms with Gasteiger partial charge in [-0.25, -0.2) is 0 Å². The van der Waals surface area contributed by atoms with Crippen LogP contribution < -0.4 is 10.6 Å². The number of hydrogen-bond acceptors (Lipinski definition) is 6. The number of aromatic nitrogens is 2. The van der Waals surface area contributed by atoms with Crippen LogP contribution in [0, 0.1) is 0 Å². The van der Waals surface area contributed by atoms with Gasteiger partial charge in [-0.05, 0) is 19.8 Å². The molecule has 7 heteroatoms. The number of nitrogens with zero attached hydrogens (tertiary/aromatic N) is 2. The summed E-state index contributed by atoms with van der Waals surface area (Å²) in [6, 6.07) is 0.592. The van der Waals surface area contributed by atoms with Crippen LogP contribution >= 0.6 is 23.1 Å². The van der Waals surface area contributed by atoms with Crippen LogP contribution in [-0.2, 0) is 4.79 Å². The van der Waals surface area contributed by atoms with Crippen LogP contribution in [0.15, 0.2) is 4.34 Å². The standard InChI is InChI=1S/C9H14N4OS2/c1-2-10-7(14)5-15-9-13-12-8(16-9)11-6-3-4-6/h6H,2-5H2,1H3,(H,10,14)(H,11,12). The van der Waals surface area contributed by atoms with Gasteiger partial charge in [0.15, 0.2) is 4.34 Å². The van der Waals surface area contributed by atoms with Crippen LogP contribution in [0.3, 0.4) is 0 Å². The molecule has 1 aliphatic carbocycles. The number of carbonyl (C=O) groups excluding carboxylic acids is 1. The molecule has 16 heavy (non-hydrogen) atoms. The largest absolute Gasteiger partial charge is 0.357 e. The van der Waals surface area contributed by atoms with Crippen LogP contribution in [0.4, 0.5) is 5.13 Å². The van der Waals surface area contributed by atoms with Crippen LogP contribution in [-0.4, -0.2) is 34.4 Å². The van der Waals surface area contributed by atoms with Gasteiger partial charge in [0.2, 0.25) is 11.0 Å². The van der Waals surface area contributed by atoms with Crippen LogP contribution in [0.1, 0.15) is 19.8 Å². The average molecular weight is 258 g/mol. The van der Waals surface area contributed by atoms with Gasteiger partial charge in [-0.15, -0.1) is 10.2 Å². The quantitative estimate of drug-likeness (QED) is 0.754. The second kappa shape index (κ2) is 5.49. The molecule has 0 saturated heterocycles.